The second kappa shape index (κ2) is 3.38. The highest BCUT2D eigenvalue weighted by Gasteiger charge is 2.13. The Balaban J connectivity index is 2.34. The van der Waals surface area contributed by atoms with Crippen molar-refractivity contribution < 1.29 is 0 Å². The standard InChI is InChI=1S/C16H15N3/c1-10-4-6-12-14(8-10)19-15-9-11(2)5-7-13(15)18(3)16(19)17-12/h4-9H,1-3H3. The molecule has 19 heavy (non-hydrogen) atoms. The van der Waals surface area contributed by atoms with E-state index < -0.39 is 0 Å². The number of hydrogen-bond donors (Lipinski definition) is 0. The zero-order chi connectivity index (χ0) is 13.1. The van der Waals surface area contributed by atoms with Crippen molar-refractivity contribution in [3.8, 4) is 0 Å². The number of nitrogens with zero attached hydrogens (tertiary/aromatic N) is 3. The predicted molar refractivity (Wildman–Crippen MR) is 78.6 cm³/mol. The number of hydrogen-bond acceptors (Lipinski definition) is 1. The van der Waals surface area contributed by atoms with E-state index in [1.165, 1.54) is 27.7 Å². The van der Waals surface area contributed by atoms with Gasteiger partial charge in [-0.1, -0.05) is 12.1 Å². The van der Waals surface area contributed by atoms with Gasteiger partial charge >= 0.3 is 0 Å². The lowest BCUT2D eigenvalue weighted by Crippen LogP contribution is -1.87. The van der Waals surface area contributed by atoms with Crippen molar-refractivity contribution in [2.75, 3.05) is 0 Å². The molecular formula is C16H15N3. The molecule has 3 heteroatoms. The number of benzene rings is 2. The van der Waals surface area contributed by atoms with Crippen LogP contribution in [0.4, 0.5) is 0 Å². The smallest absolute Gasteiger partial charge is 0.215 e. The number of imidazole rings is 2. The molecule has 0 saturated carbocycles. The number of aryl methyl sites for hydroxylation is 3. The number of rotatable bonds is 0. The average Bonchev–Trinajstić information content (AvgIpc) is 2.87. The van der Waals surface area contributed by atoms with E-state index in [-0.39, 0.29) is 0 Å². The Labute approximate surface area is 111 Å². The lowest BCUT2D eigenvalue weighted by Gasteiger charge is -1.98. The maximum absolute atomic E-state index is 4.75. The molecule has 0 aliphatic carbocycles. The number of fused-ring (bicyclic) bond motifs is 5. The largest absolute Gasteiger partial charge is 0.313 e. The molecule has 0 aliphatic heterocycles. The molecule has 0 fully saturated rings. The SMILES string of the molecule is Cc1ccc2nc3n(C)c4ccc(C)cc4n3c2c1. The Morgan fingerprint density at radius 3 is 2.32 bits per heavy atom. The summed E-state index contributed by atoms with van der Waals surface area (Å²) in [5, 5.41) is 0. The molecule has 0 atom stereocenters. The molecule has 0 spiro atoms. The molecular weight excluding hydrogens is 234 g/mol. The predicted octanol–water partition coefficient (Wildman–Crippen LogP) is 3.60. The monoisotopic (exact) mass is 249 g/mol. The Bertz CT molecular complexity index is 941. The highest BCUT2D eigenvalue weighted by atomic mass is 15.2. The lowest BCUT2D eigenvalue weighted by molar-refractivity contribution is 0.973. The van der Waals surface area contributed by atoms with Gasteiger partial charge in [0.25, 0.3) is 0 Å². The fourth-order valence-corrected chi connectivity index (χ4v) is 2.84. The maximum atomic E-state index is 4.75. The quantitative estimate of drug-likeness (QED) is 0.467. The van der Waals surface area contributed by atoms with Crippen LogP contribution in [0.3, 0.4) is 0 Å². The Kier molecular flexibility index (Phi) is 1.89. The van der Waals surface area contributed by atoms with E-state index >= 15 is 0 Å². The minimum atomic E-state index is 1.00. The first kappa shape index (κ1) is 10.6. The molecule has 3 nitrogen and oxygen atoms in total. The van der Waals surface area contributed by atoms with Gasteiger partial charge in [0.1, 0.15) is 0 Å². The van der Waals surface area contributed by atoms with E-state index in [1.807, 2.05) is 0 Å². The van der Waals surface area contributed by atoms with Crippen molar-refractivity contribution in [3.63, 3.8) is 0 Å². The van der Waals surface area contributed by atoms with E-state index in [0.29, 0.717) is 0 Å². The van der Waals surface area contributed by atoms with E-state index in [1.54, 1.807) is 0 Å². The van der Waals surface area contributed by atoms with Crippen molar-refractivity contribution in [3.05, 3.63) is 47.5 Å². The molecule has 4 rings (SSSR count). The van der Waals surface area contributed by atoms with Gasteiger partial charge in [-0.15, -0.1) is 0 Å². The molecule has 0 bridgehead atoms. The van der Waals surface area contributed by atoms with Crippen LogP contribution in [0.15, 0.2) is 36.4 Å². The molecule has 2 heterocycles. The Hall–Kier alpha value is -2.29. The topological polar surface area (TPSA) is 22.2 Å². The second-order valence-electron chi connectivity index (χ2n) is 5.29. The first-order valence-electron chi connectivity index (χ1n) is 6.49. The summed E-state index contributed by atoms with van der Waals surface area (Å²) in [5.74, 6) is 1.00. The first-order valence-corrected chi connectivity index (χ1v) is 6.49. The van der Waals surface area contributed by atoms with Crippen molar-refractivity contribution >= 4 is 27.8 Å². The highest BCUT2D eigenvalue weighted by Crippen LogP contribution is 2.26. The zero-order valence-electron chi connectivity index (χ0n) is 11.3. The van der Waals surface area contributed by atoms with Crippen LogP contribution < -0.4 is 0 Å². The van der Waals surface area contributed by atoms with Crippen LogP contribution in [-0.2, 0) is 7.05 Å². The van der Waals surface area contributed by atoms with Crippen LogP contribution in [0.5, 0.6) is 0 Å². The third kappa shape index (κ3) is 1.30. The Morgan fingerprint density at radius 1 is 0.842 bits per heavy atom. The first-order chi connectivity index (χ1) is 9.15. The molecule has 0 amide bonds. The van der Waals surface area contributed by atoms with Gasteiger partial charge in [-0.25, -0.2) is 4.98 Å². The molecule has 0 unspecified atom stereocenters. The van der Waals surface area contributed by atoms with Gasteiger partial charge in [0, 0.05) is 7.05 Å². The molecule has 0 N–H and O–H groups in total. The van der Waals surface area contributed by atoms with E-state index in [4.69, 9.17) is 4.98 Å². The lowest BCUT2D eigenvalue weighted by atomic mass is 10.2. The van der Waals surface area contributed by atoms with Crippen LogP contribution in [0.25, 0.3) is 27.8 Å². The van der Waals surface area contributed by atoms with Gasteiger partial charge < -0.3 is 4.57 Å². The van der Waals surface area contributed by atoms with E-state index in [2.05, 4.69) is 66.3 Å². The fourth-order valence-electron chi connectivity index (χ4n) is 2.84. The van der Waals surface area contributed by atoms with E-state index in [9.17, 15) is 0 Å². The molecule has 0 saturated heterocycles. The second-order valence-corrected chi connectivity index (χ2v) is 5.29. The zero-order valence-corrected chi connectivity index (χ0v) is 11.3. The third-order valence-electron chi connectivity index (χ3n) is 3.83. The minimum Gasteiger partial charge on any atom is -0.313 e. The van der Waals surface area contributed by atoms with Crippen LogP contribution in [0.2, 0.25) is 0 Å². The normalized spacial score (nSPS) is 11.9. The van der Waals surface area contributed by atoms with Crippen molar-refractivity contribution in [2.24, 2.45) is 7.05 Å². The maximum Gasteiger partial charge on any atom is 0.215 e. The van der Waals surface area contributed by atoms with Gasteiger partial charge in [-0.3, -0.25) is 4.40 Å². The van der Waals surface area contributed by atoms with Crippen LogP contribution in [0.1, 0.15) is 11.1 Å². The molecule has 0 aliphatic rings. The summed E-state index contributed by atoms with van der Waals surface area (Å²) in [5.41, 5.74) is 7.22. The van der Waals surface area contributed by atoms with Crippen LogP contribution in [-0.4, -0.2) is 14.0 Å². The molecule has 2 aromatic heterocycles. The average molecular weight is 249 g/mol. The van der Waals surface area contributed by atoms with Gasteiger partial charge in [-0.2, -0.15) is 0 Å². The Morgan fingerprint density at radius 2 is 1.53 bits per heavy atom. The van der Waals surface area contributed by atoms with E-state index in [0.717, 1.165) is 11.3 Å². The molecule has 4 aromatic rings. The van der Waals surface area contributed by atoms with Crippen molar-refractivity contribution in [1.82, 2.24) is 14.0 Å². The minimum absolute atomic E-state index is 1.00. The summed E-state index contributed by atoms with van der Waals surface area (Å²) in [6.45, 7) is 4.25. The summed E-state index contributed by atoms with van der Waals surface area (Å²) in [6, 6.07) is 13.0. The molecule has 94 valence electrons. The van der Waals surface area contributed by atoms with Crippen LogP contribution in [0, 0.1) is 13.8 Å². The highest BCUT2D eigenvalue weighted by molar-refractivity contribution is 5.91. The molecule has 2 aromatic carbocycles. The van der Waals surface area contributed by atoms with Gasteiger partial charge in [0.05, 0.1) is 22.1 Å². The summed E-state index contributed by atoms with van der Waals surface area (Å²) in [6.07, 6.45) is 0. The van der Waals surface area contributed by atoms with Crippen molar-refractivity contribution in [2.45, 2.75) is 13.8 Å². The summed E-state index contributed by atoms with van der Waals surface area (Å²) in [7, 11) is 2.08. The van der Waals surface area contributed by atoms with Gasteiger partial charge in [0.15, 0.2) is 0 Å². The van der Waals surface area contributed by atoms with Crippen LogP contribution >= 0.6 is 0 Å². The summed E-state index contributed by atoms with van der Waals surface area (Å²) >= 11 is 0. The molecule has 0 radical (unpaired) electrons. The van der Waals surface area contributed by atoms with Crippen molar-refractivity contribution in [1.29, 1.82) is 0 Å². The summed E-state index contributed by atoms with van der Waals surface area (Å²) in [4.78, 5) is 4.75. The van der Waals surface area contributed by atoms with Gasteiger partial charge in [0.2, 0.25) is 5.78 Å². The summed E-state index contributed by atoms with van der Waals surface area (Å²) < 4.78 is 4.41. The van der Waals surface area contributed by atoms with Gasteiger partial charge in [-0.05, 0) is 49.2 Å². The third-order valence-corrected chi connectivity index (χ3v) is 3.83. The number of aromatic nitrogens is 3. The fraction of sp³-hybridized carbons (Fsp3) is 0.188.